The molecule has 2 rings (SSSR count). The molecule has 0 N–H and O–H groups in total. The second kappa shape index (κ2) is 6.86. The van der Waals surface area contributed by atoms with Crippen LogP contribution in [0.2, 0.25) is 0 Å². The molecule has 1 amide bonds. The third kappa shape index (κ3) is 3.38. The van der Waals surface area contributed by atoms with E-state index < -0.39 is 0 Å². The van der Waals surface area contributed by atoms with Gasteiger partial charge in [0.15, 0.2) is 0 Å². The minimum atomic E-state index is -0.0563. The number of likely N-dealkylation sites (N-methyl/N-ethyl adjacent to an activating group) is 2. The van der Waals surface area contributed by atoms with Crippen molar-refractivity contribution < 1.29 is 4.79 Å². The number of hydrogen-bond acceptors (Lipinski definition) is 3. The number of benzene rings is 1. The van der Waals surface area contributed by atoms with Crippen LogP contribution in [-0.2, 0) is 4.79 Å². The van der Waals surface area contributed by atoms with Gasteiger partial charge in [0.1, 0.15) is 0 Å². The van der Waals surface area contributed by atoms with Gasteiger partial charge >= 0.3 is 0 Å². The Bertz CT molecular complexity index is 427. The SMILES string of the molecule is CCN1CCN(C(C)C(=O)N(C)c2ccccc2)CC1. The Morgan fingerprint density at radius 2 is 1.80 bits per heavy atom. The summed E-state index contributed by atoms with van der Waals surface area (Å²) in [5.41, 5.74) is 0.955. The van der Waals surface area contributed by atoms with E-state index in [-0.39, 0.29) is 11.9 Å². The van der Waals surface area contributed by atoms with Crippen LogP contribution in [0, 0.1) is 0 Å². The molecule has 110 valence electrons. The number of anilines is 1. The zero-order valence-electron chi connectivity index (χ0n) is 12.7. The van der Waals surface area contributed by atoms with Gasteiger partial charge in [-0.3, -0.25) is 9.69 Å². The van der Waals surface area contributed by atoms with Crippen LogP contribution in [-0.4, -0.2) is 61.5 Å². The molecule has 0 spiro atoms. The molecule has 0 aromatic heterocycles. The van der Waals surface area contributed by atoms with E-state index in [4.69, 9.17) is 0 Å². The Hall–Kier alpha value is -1.39. The Morgan fingerprint density at radius 3 is 2.35 bits per heavy atom. The average Bonchev–Trinajstić information content (AvgIpc) is 2.53. The van der Waals surface area contributed by atoms with E-state index >= 15 is 0 Å². The van der Waals surface area contributed by atoms with Crippen molar-refractivity contribution in [3.63, 3.8) is 0 Å². The fraction of sp³-hybridized carbons (Fsp3) is 0.562. The van der Waals surface area contributed by atoms with Gasteiger partial charge in [0.25, 0.3) is 0 Å². The molecule has 1 aromatic rings. The highest BCUT2D eigenvalue weighted by Gasteiger charge is 2.27. The van der Waals surface area contributed by atoms with Gasteiger partial charge in [0.05, 0.1) is 6.04 Å². The molecule has 1 aliphatic rings. The van der Waals surface area contributed by atoms with Crippen LogP contribution in [0.5, 0.6) is 0 Å². The van der Waals surface area contributed by atoms with Crippen molar-refractivity contribution in [2.75, 3.05) is 44.7 Å². The first kappa shape index (κ1) is 15.0. The first-order valence-electron chi connectivity index (χ1n) is 7.42. The third-order valence-corrected chi connectivity index (χ3v) is 4.23. The molecule has 0 radical (unpaired) electrons. The van der Waals surface area contributed by atoms with E-state index in [0.29, 0.717) is 0 Å². The predicted octanol–water partition coefficient (Wildman–Crippen LogP) is 1.68. The van der Waals surface area contributed by atoms with Crippen molar-refractivity contribution in [1.82, 2.24) is 9.80 Å². The van der Waals surface area contributed by atoms with Crippen molar-refractivity contribution in [3.8, 4) is 0 Å². The summed E-state index contributed by atoms with van der Waals surface area (Å²) in [5.74, 6) is 0.168. The zero-order chi connectivity index (χ0) is 14.5. The summed E-state index contributed by atoms with van der Waals surface area (Å²) in [6.07, 6.45) is 0. The lowest BCUT2D eigenvalue weighted by atomic mass is 10.2. The second-order valence-electron chi connectivity index (χ2n) is 5.38. The highest BCUT2D eigenvalue weighted by atomic mass is 16.2. The Morgan fingerprint density at radius 1 is 1.20 bits per heavy atom. The molecular formula is C16H25N3O. The van der Waals surface area contributed by atoms with Crippen LogP contribution in [0.1, 0.15) is 13.8 Å². The first-order chi connectivity index (χ1) is 9.63. The van der Waals surface area contributed by atoms with Crippen molar-refractivity contribution in [2.45, 2.75) is 19.9 Å². The summed E-state index contributed by atoms with van der Waals surface area (Å²) in [7, 11) is 1.86. The van der Waals surface area contributed by atoms with E-state index in [9.17, 15) is 4.79 Å². The summed E-state index contributed by atoms with van der Waals surface area (Å²) in [4.78, 5) is 19.0. The molecule has 0 saturated carbocycles. The summed E-state index contributed by atoms with van der Waals surface area (Å²) in [6.45, 7) is 9.37. The van der Waals surface area contributed by atoms with Crippen LogP contribution in [0.15, 0.2) is 30.3 Å². The van der Waals surface area contributed by atoms with Gasteiger partial charge in [-0.1, -0.05) is 25.1 Å². The Kier molecular flexibility index (Phi) is 5.15. The zero-order valence-corrected chi connectivity index (χ0v) is 12.7. The second-order valence-corrected chi connectivity index (χ2v) is 5.38. The lowest BCUT2D eigenvalue weighted by Gasteiger charge is -2.38. The summed E-state index contributed by atoms with van der Waals surface area (Å²) < 4.78 is 0. The van der Waals surface area contributed by atoms with Gasteiger partial charge < -0.3 is 9.80 Å². The monoisotopic (exact) mass is 275 g/mol. The maximum atomic E-state index is 12.6. The predicted molar refractivity (Wildman–Crippen MR) is 83.0 cm³/mol. The number of amides is 1. The van der Waals surface area contributed by atoms with Crippen LogP contribution in [0.3, 0.4) is 0 Å². The summed E-state index contributed by atoms with van der Waals surface area (Å²) >= 11 is 0. The van der Waals surface area contributed by atoms with E-state index in [1.54, 1.807) is 4.90 Å². The molecule has 1 fully saturated rings. The van der Waals surface area contributed by atoms with Crippen molar-refractivity contribution in [3.05, 3.63) is 30.3 Å². The maximum absolute atomic E-state index is 12.6. The van der Waals surface area contributed by atoms with Gasteiger partial charge in [0, 0.05) is 38.9 Å². The normalized spacial score (nSPS) is 18.8. The maximum Gasteiger partial charge on any atom is 0.243 e. The lowest BCUT2D eigenvalue weighted by Crippen LogP contribution is -2.54. The fourth-order valence-corrected chi connectivity index (χ4v) is 2.68. The van der Waals surface area contributed by atoms with Crippen molar-refractivity contribution >= 4 is 11.6 Å². The number of carbonyl (C=O) groups excluding carboxylic acids is 1. The van der Waals surface area contributed by atoms with Crippen molar-refractivity contribution in [1.29, 1.82) is 0 Å². The number of nitrogens with zero attached hydrogens (tertiary/aromatic N) is 3. The third-order valence-electron chi connectivity index (χ3n) is 4.23. The summed E-state index contributed by atoms with van der Waals surface area (Å²) in [5, 5.41) is 0. The highest BCUT2D eigenvalue weighted by molar-refractivity contribution is 5.96. The van der Waals surface area contributed by atoms with E-state index in [1.165, 1.54) is 0 Å². The molecule has 20 heavy (non-hydrogen) atoms. The van der Waals surface area contributed by atoms with Crippen LogP contribution in [0.4, 0.5) is 5.69 Å². The molecule has 1 saturated heterocycles. The minimum Gasteiger partial charge on any atom is -0.314 e. The van der Waals surface area contributed by atoms with Crippen molar-refractivity contribution in [2.24, 2.45) is 0 Å². The van der Waals surface area contributed by atoms with Gasteiger partial charge in [-0.15, -0.1) is 0 Å². The molecule has 4 nitrogen and oxygen atoms in total. The Labute approximate surface area is 122 Å². The molecular weight excluding hydrogens is 250 g/mol. The fourth-order valence-electron chi connectivity index (χ4n) is 2.68. The number of piperazine rings is 1. The molecule has 4 heteroatoms. The van der Waals surface area contributed by atoms with Gasteiger partial charge in [0.2, 0.25) is 5.91 Å². The van der Waals surface area contributed by atoms with Gasteiger partial charge in [-0.25, -0.2) is 0 Å². The molecule has 0 aliphatic carbocycles. The summed E-state index contributed by atoms with van der Waals surface area (Å²) in [6, 6.07) is 9.78. The molecule has 1 atom stereocenters. The molecule has 1 aromatic carbocycles. The van der Waals surface area contributed by atoms with E-state index in [2.05, 4.69) is 16.7 Å². The van der Waals surface area contributed by atoms with Crippen LogP contribution in [0.25, 0.3) is 0 Å². The number of carbonyl (C=O) groups is 1. The quantitative estimate of drug-likeness (QED) is 0.836. The average molecular weight is 275 g/mol. The van der Waals surface area contributed by atoms with E-state index in [0.717, 1.165) is 38.4 Å². The van der Waals surface area contributed by atoms with Gasteiger partial charge in [-0.05, 0) is 25.6 Å². The number of rotatable bonds is 4. The lowest BCUT2D eigenvalue weighted by molar-refractivity contribution is -0.123. The Balaban J connectivity index is 1.95. The highest BCUT2D eigenvalue weighted by Crippen LogP contribution is 2.15. The smallest absolute Gasteiger partial charge is 0.243 e. The topological polar surface area (TPSA) is 26.8 Å². The molecule has 1 aliphatic heterocycles. The number of hydrogen-bond donors (Lipinski definition) is 0. The molecule has 1 heterocycles. The molecule has 0 bridgehead atoms. The first-order valence-corrected chi connectivity index (χ1v) is 7.42. The van der Waals surface area contributed by atoms with E-state index in [1.807, 2.05) is 44.3 Å². The van der Waals surface area contributed by atoms with Crippen LogP contribution < -0.4 is 4.90 Å². The molecule has 1 unspecified atom stereocenters. The van der Waals surface area contributed by atoms with Gasteiger partial charge in [-0.2, -0.15) is 0 Å². The number of para-hydroxylation sites is 1. The largest absolute Gasteiger partial charge is 0.314 e. The minimum absolute atomic E-state index is 0.0563. The standard InChI is InChI=1S/C16H25N3O/c1-4-18-10-12-19(13-11-18)14(2)16(20)17(3)15-8-6-5-7-9-15/h5-9,14H,4,10-13H2,1-3H3. The van der Waals surface area contributed by atoms with Crippen LogP contribution >= 0.6 is 0 Å².